The lowest BCUT2D eigenvalue weighted by molar-refractivity contribution is -0.151. The van der Waals surface area contributed by atoms with Crippen LogP contribution in [-0.2, 0) is 20.9 Å². The number of rotatable bonds is 3. The zero-order valence-electron chi connectivity index (χ0n) is 15.9. The van der Waals surface area contributed by atoms with E-state index in [0.717, 1.165) is 30.1 Å². The Morgan fingerprint density at radius 1 is 1.10 bits per heavy atom. The summed E-state index contributed by atoms with van der Waals surface area (Å²) in [5.41, 5.74) is 1.58. The van der Waals surface area contributed by atoms with Gasteiger partial charge in [-0.15, -0.1) is 0 Å². The molecular weight excluding hydrogens is 376 g/mol. The van der Waals surface area contributed by atoms with E-state index in [-0.39, 0.29) is 24.3 Å². The second kappa shape index (κ2) is 6.72. The van der Waals surface area contributed by atoms with Crippen molar-refractivity contribution in [3.8, 4) is 0 Å². The molecule has 1 aromatic carbocycles. The van der Waals surface area contributed by atoms with Gasteiger partial charge in [-0.25, -0.2) is 0 Å². The van der Waals surface area contributed by atoms with Crippen molar-refractivity contribution >= 4 is 23.6 Å². The van der Waals surface area contributed by atoms with Crippen LogP contribution in [0.4, 0.5) is 0 Å². The Hall–Kier alpha value is -2.62. The van der Waals surface area contributed by atoms with E-state index in [4.69, 9.17) is 4.74 Å². The fourth-order valence-corrected chi connectivity index (χ4v) is 4.59. The fourth-order valence-electron chi connectivity index (χ4n) is 4.59. The zero-order valence-corrected chi connectivity index (χ0v) is 15.9. The van der Waals surface area contributed by atoms with Gasteiger partial charge in [-0.2, -0.15) is 0 Å². The van der Waals surface area contributed by atoms with Gasteiger partial charge in [0.25, 0.3) is 11.8 Å². The summed E-state index contributed by atoms with van der Waals surface area (Å²) in [5.74, 6) is -1.92. The molecule has 2 N–H and O–H groups in total. The van der Waals surface area contributed by atoms with Gasteiger partial charge in [0.05, 0.1) is 29.9 Å². The number of amides is 4. The van der Waals surface area contributed by atoms with E-state index in [9.17, 15) is 19.2 Å². The van der Waals surface area contributed by atoms with Crippen LogP contribution >= 0.6 is 0 Å². The number of nitrogens with zero attached hydrogens (tertiary/aromatic N) is 2. The number of hydrogen-bond acceptors (Lipinski definition) is 7. The van der Waals surface area contributed by atoms with Gasteiger partial charge < -0.3 is 10.1 Å². The highest BCUT2D eigenvalue weighted by atomic mass is 16.5. The molecule has 3 saturated heterocycles. The summed E-state index contributed by atoms with van der Waals surface area (Å²) in [4.78, 5) is 52.7. The van der Waals surface area contributed by atoms with Crippen LogP contribution in [0.2, 0.25) is 0 Å². The van der Waals surface area contributed by atoms with Crippen molar-refractivity contribution in [2.45, 2.75) is 31.0 Å². The lowest BCUT2D eigenvalue weighted by atomic mass is 9.91. The highest BCUT2D eigenvalue weighted by molar-refractivity contribution is 6.23. The van der Waals surface area contributed by atoms with Crippen LogP contribution in [0.5, 0.6) is 0 Å². The summed E-state index contributed by atoms with van der Waals surface area (Å²) in [7, 11) is 0. The Balaban J connectivity index is 1.38. The summed E-state index contributed by atoms with van der Waals surface area (Å²) in [6.45, 7) is 4.69. The van der Waals surface area contributed by atoms with Crippen molar-refractivity contribution in [3.63, 3.8) is 0 Å². The Morgan fingerprint density at radius 3 is 2.62 bits per heavy atom. The summed E-state index contributed by atoms with van der Waals surface area (Å²) < 4.78 is 5.44. The number of carbonyl (C=O) groups is 4. The Morgan fingerprint density at radius 2 is 1.90 bits per heavy atom. The van der Waals surface area contributed by atoms with E-state index in [0.29, 0.717) is 30.9 Å². The van der Waals surface area contributed by atoms with Crippen LogP contribution in [0.3, 0.4) is 0 Å². The molecule has 29 heavy (non-hydrogen) atoms. The van der Waals surface area contributed by atoms with E-state index in [1.165, 1.54) is 0 Å². The van der Waals surface area contributed by atoms with Crippen molar-refractivity contribution in [1.82, 2.24) is 20.4 Å². The van der Waals surface area contributed by atoms with E-state index in [2.05, 4.69) is 15.5 Å². The molecule has 4 amide bonds. The lowest BCUT2D eigenvalue weighted by Crippen LogP contribution is -2.70. The highest BCUT2D eigenvalue weighted by Crippen LogP contribution is 2.31. The van der Waals surface area contributed by atoms with Gasteiger partial charge >= 0.3 is 0 Å². The van der Waals surface area contributed by atoms with E-state index >= 15 is 0 Å². The van der Waals surface area contributed by atoms with Gasteiger partial charge in [0.1, 0.15) is 6.04 Å². The van der Waals surface area contributed by atoms with Gasteiger partial charge in [-0.1, -0.05) is 6.07 Å². The SMILES string of the molecule is O=C1CCC(N2C(=O)c3ccc(CN4CCNCC45COC5)cc3C2=O)C(=O)N1. The number of piperidine rings is 1. The molecule has 4 heterocycles. The minimum absolute atomic E-state index is 0.00412. The third kappa shape index (κ3) is 2.88. The first kappa shape index (κ1) is 18.4. The van der Waals surface area contributed by atoms with E-state index < -0.39 is 23.8 Å². The monoisotopic (exact) mass is 398 g/mol. The molecule has 1 atom stereocenters. The van der Waals surface area contributed by atoms with Gasteiger partial charge in [0.2, 0.25) is 11.8 Å². The first-order valence-electron chi connectivity index (χ1n) is 9.87. The average molecular weight is 398 g/mol. The fraction of sp³-hybridized carbons (Fsp3) is 0.500. The third-order valence-electron chi connectivity index (χ3n) is 6.30. The molecule has 0 radical (unpaired) electrons. The number of ether oxygens (including phenoxy) is 1. The van der Waals surface area contributed by atoms with Crippen LogP contribution in [-0.4, -0.2) is 77.9 Å². The van der Waals surface area contributed by atoms with E-state index in [1.54, 1.807) is 12.1 Å². The molecule has 0 bridgehead atoms. The zero-order chi connectivity index (χ0) is 20.2. The van der Waals surface area contributed by atoms with Gasteiger partial charge in [0.15, 0.2) is 0 Å². The first-order valence-corrected chi connectivity index (χ1v) is 9.87. The Kier molecular flexibility index (Phi) is 4.27. The van der Waals surface area contributed by atoms with Gasteiger partial charge in [-0.05, 0) is 24.1 Å². The molecule has 3 fully saturated rings. The van der Waals surface area contributed by atoms with Crippen molar-refractivity contribution in [2.24, 2.45) is 0 Å². The standard InChI is InChI=1S/C20H22N4O5/c25-16-4-3-15(17(26)22-16)24-18(27)13-2-1-12(7-14(13)19(24)28)8-23-6-5-21-9-20(23)10-29-11-20/h1-2,7,15,21H,3-6,8-11H2,(H,22,25,26). The summed E-state index contributed by atoms with van der Waals surface area (Å²) >= 11 is 0. The predicted octanol–water partition coefficient (Wildman–Crippen LogP) is -0.738. The van der Waals surface area contributed by atoms with E-state index in [1.807, 2.05) is 6.07 Å². The Bertz CT molecular complexity index is 925. The normalized spacial score (nSPS) is 26.5. The number of piperazine rings is 1. The summed E-state index contributed by atoms with van der Waals surface area (Å²) in [6.07, 6.45) is 0.272. The second-order valence-electron chi connectivity index (χ2n) is 8.14. The molecule has 1 spiro atoms. The molecule has 5 rings (SSSR count). The topological polar surface area (TPSA) is 108 Å². The van der Waals surface area contributed by atoms with Crippen molar-refractivity contribution in [3.05, 3.63) is 34.9 Å². The molecule has 9 heteroatoms. The Labute approximate surface area is 167 Å². The quantitative estimate of drug-likeness (QED) is 0.646. The molecule has 1 aromatic rings. The maximum absolute atomic E-state index is 13.0. The molecule has 4 aliphatic rings. The molecule has 4 aliphatic heterocycles. The first-order chi connectivity index (χ1) is 14.0. The minimum Gasteiger partial charge on any atom is -0.377 e. The lowest BCUT2D eigenvalue weighted by Gasteiger charge is -2.52. The highest BCUT2D eigenvalue weighted by Gasteiger charge is 2.46. The van der Waals surface area contributed by atoms with Crippen LogP contribution in [0.15, 0.2) is 18.2 Å². The van der Waals surface area contributed by atoms with Gasteiger partial charge in [-0.3, -0.25) is 34.3 Å². The molecule has 0 saturated carbocycles. The number of hydrogen-bond donors (Lipinski definition) is 2. The van der Waals surface area contributed by atoms with Crippen molar-refractivity contribution in [2.75, 3.05) is 32.8 Å². The second-order valence-corrected chi connectivity index (χ2v) is 8.14. The van der Waals surface area contributed by atoms with Crippen LogP contribution in [0.25, 0.3) is 0 Å². The smallest absolute Gasteiger partial charge is 0.262 e. The molecule has 0 aromatic heterocycles. The van der Waals surface area contributed by atoms with Gasteiger partial charge in [0, 0.05) is 32.6 Å². The summed E-state index contributed by atoms with van der Waals surface area (Å²) in [5, 5.41) is 5.62. The number of fused-ring (bicyclic) bond motifs is 1. The third-order valence-corrected chi connectivity index (χ3v) is 6.30. The number of imide groups is 2. The largest absolute Gasteiger partial charge is 0.377 e. The van der Waals surface area contributed by atoms with Crippen molar-refractivity contribution < 1.29 is 23.9 Å². The number of nitrogens with one attached hydrogen (secondary N) is 2. The molecule has 1 unspecified atom stereocenters. The molecule has 152 valence electrons. The molecular formula is C20H22N4O5. The van der Waals surface area contributed by atoms with Crippen LogP contribution in [0.1, 0.15) is 39.1 Å². The van der Waals surface area contributed by atoms with Crippen LogP contribution in [0, 0.1) is 0 Å². The predicted molar refractivity (Wildman–Crippen MR) is 99.9 cm³/mol. The average Bonchev–Trinajstić information content (AvgIpc) is 2.92. The maximum Gasteiger partial charge on any atom is 0.262 e. The van der Waals surface area contributed by atoms with Crippen LogP contribution < -0.4 is 10.6 Å². The number of benzene rings is 1. The molecule has 9 nitrogen and oxygen atoms in total. The number of carbonyl (C=O) groups excluding carboxylic acids is 4. The summed E-state index contributed by atoms with van der Waals surface area (Å²) in [6, 6.07) is 4.36. The maximum atomic E-state index is 13.0. The minimum atomic E-state index is -0.938. The molecule has 0 aliphatic carbocycles. The van der Waals surface area contributed by atoms with Crippen molar-refractivity contribution in [1.29, 1.82) is 0 Å².